The number of nitrogens with one attached hydrogen (secondary N) is 1. The Morgan fingerprint density at radius 1 is 1.31 bits per heavy atom. The fraction of sp³-hybridized carbons (Fsp3) is 0.455. The highest BCUT2D eigenvalue weighted by Crippen LogP contribution is 2.45. The van der Waals surface area contributed by atoms with Gasteiger partial charge < -0.3 is 10.1 Å². The molecule has 1 aromatic heterocycles. The number of carbonyl (C=O) groups excluding carboxylic acids is 2. The monoisotopic (exact) mass is 453 g/mol. The minimum atomic E-state index is -0.428. The Bertz CT molecular complexity index is 952. The largest absolute Gasteiger partial charge is 0.465 e. The number of fused-ring (bicyclic) bond motifs is 1. The maximum atomic E-state index is 12.8. The Hall–Kier alpha value is -1.56. The molecule has 0 radical (unpaired) electrons. The third-order valence-electron chi connectivity index (χ3n) is 6.07. The van der Waals surface area contributed by atoms with Gasteiger partial charge in [0.15, 0.2) is 0 Å². The molecule has 0 fully saturated rings. The molecule has 4 nitrogen and oxygen atoms in total. The first-order valence-electron chi connectivity index (χ1n) is 9.67. The van der Waals surface area contributed by atoms with Gasteiger partial charge in [0.2, 0.25) is 0 Å². The maximum Gasteiger partial charge on any atom is 0.341 e. The van der Waals surface area contributed by atoms with Gasteiger partial charge in [0.25, 0.3) is 5.91 Å². The van der Waals surface area contributed by atoms with E-state index in [4.69, 9.17) is 27.9 Å². The van der Waals surface area contributed by atoms with E-state index < -0.39 is 11.9 Å². The molecule has 7 heteroatoms. The van der Waals surface area contributed by atoms with E-state index in [0.29, 0.717) is 26.5 Å². The van der Waals surface area contributed by atoms with Crippen molar-refractivity contribution >= 4 is 51.4 Å². The van der Waals surface area contributed by atoms with Gasteiger partial charge in [-0.05, 0) is 54.4 Å². The van der Waals surface area contributed by atoms with Crippen molar-refractivity contribution < 1.29 is 14.3 Å². The van der Waals surface area contributed by atoms with E-state index in [9.17, 15) is 9.59 Å². The first kappa shape index (κ1) is 22.1. The van der Waals surface area contributed by atoms with Crippen molar-refractivity contribution in [1.29, 1.82) is 0 Å². The van der Waals surface area contributed by atoms with Crippen molar-refractivity contribution in [2.45, 2.75) is 46.5 Å². The zero-order valence-electron chi connectivity index (χ0n) is 17.0. The smallest absolute Gasteiger partial charge is 0.341 e. The van der Waals surface area contributed by atoms with Crippen LogP contribution in [0.3, 0.4) is 0 Å². The molecule has 1 aliphatic rings. The summed E-state index contributed by atoms with van der Waals surface area (Å²) < 4.78 is 5.02. The lowest BCUT2D eigenvalue weighted by Gasteiger charge is -2.36. The van der Waals surface area contributed by atoms with Crippen LogP contribution in [-0.4, -0.2) is 19.0 Å². The minimum Gasteiger partial charge on any atom is -0.465 e. The highest BCUT2D eigenvalue weighted by atomic mass is 35.5. The van der Waals surface area contributed by atoms with Crippen LogP contribution in [0.15, 0.2) is 18.2 Å². The van der Waals surface area contributed by atoms with Gasteiger partial charge in [0.1, 0.15) is 5.00 Å². The summed E-state index contributed by atoms with van der Waals surface area (Å²) in [5, 5.41) is 4.11. The molecular weight excluding hydrogens is 429 g/mol. The van der Waals surface area contributed by atoms with E-state index in [2.05, 4.69) is 26.1 Å². The van der Waals surface area contributed by atoms with E-state index in [0.717, 1.165) is 36.1 Å². The highest BCUT2D eigenvalue weighted by molar-refractivity contribution is 7.17. The summed E-state index contributed by atoms with van der Waals surface area (Å²) in [6, 6.07) is 4.72. The number of hydrogen-bond acceptors (Lipinski definition) is 4. The van der Waals surface area contributed by atoms with Crippen LogP contribution in [0, 0.1) is 11.3 Å². The first-order valence-corrected chi connectivity index (χ1v) is 11.2. The van der Waals surface area contributed by atoms with E-state index in [-0.39, 0.29) is 11.0 Å². The molecule has 0 unspecified atom stereocenters. The second kappa shape index (κ2) is 8.66. The summed E-state index contributed by atoms with van der Waals surface area (Å²) in [7, 11) is 1.36. The number of ether oxygens (including phenoxy) is 1. The van der Waals surface area contributed by atoms with Gasteiger partial charge >= 0.3 is 5.97 Å². The van der Waals surface area contributed by atoms with Gasteiger partial charge in [-0.1, -0.05) is 50.4 Å². The molecule has 0 spiro atoms. The molecular formula is C22H25Cl2NO3S. The fourth-order valence-electron chi connectivity index (χ4n) is 3.79. The molecule has 0 saturated heterocycles. The topological polar surface area (TPSA) is 55.4 Å². The Morgan fingerprint density at radius 2 is 2.03 bits per heavy atom. The Morgan fingerprint density at radius 3 is 2.69 bits per heavy atom. The van der Waals surface area contributed by atoms with Gasteiger partial charge in [-0.15, -0.1) is 11.3 Å². The third-order valence-corrected chi connectivity index (χ3v) is 7.81. The predicted octanol–water partition coefficient (Wildman–Crippen LogP) is 6.63. The van der Waals surface area contributed by atoms with Crippen molar-refractivity contribution in [3.8, 4) is 0 Å². The maximum absolute atomic E-state index is 12.8. The van der Waals surface area contributed by atoms with Crippen molar-refractivity contribution in [3.05, 3.63) is 49.8 Å². The molecule has 1 heterocycles. The Kier molecular flexibility index (Phi) is 6.61. The molecule has 1 aromatic carbocycles. The van der Waals surface area contributed by atoms with Crippen molar-refractivity contribution in [2.75, 3.05) is 12.4 Å². The van der Waals surface area contributed by atoms with Gasteiger partial charge in [-0.3, -0.25) is 4.79 Å². The molecule has 0 aliphatic heterocycles. The highest BCUT2D eigenvalue weighted by Gasteiger charge is 2.35. The number of anilines is 1. The summed E-state index contributed by atoms with van der Waals surface area (Å²) in [6.45, 7) is 6.80. The van der Waals surface area contributed by atoms with E-state index in [1.807, 2.05) is 0 Å². The molecule has 3 rings (SSSR count). The van der Waals surface area contributed by atoms with Crippen LogP contribution in [0.25, 0.3) is 0 Å². The van der Waals surface area contributed by atoms with Gasteiger partial charge in [0, 0.05) is 9.90 Å². The van der Waals surface area contributed by atoms with Crippen molar-refractivity contribution in [1.82, 2.24) is 0 Å². The van der Waals surface area contributed by atoms with Crippen LogP contribution in [0.1, 0.15) is 64.8 Å². The summed E-state index contributed by atoms with van der Waals surface area (Å²) in [5.41, 5.74) is 1.96. The molecule has 1 aliphatic carbocycles. The van der Waals surface area contributed by atoms with Gasteiger partial charge in [-0.2, -0.15) is 0 Å². The zero-order chi connectivity index (χ0) is 21.3. The SMILES string of the molecule is CCC(C)(C)[C@@H]1CCc2c(sc(NC(=O)c3cc(Cl)ccc3Cl)c2C(=O)OC)C1. The van der Waals surface area contributed by atoms with Crippen molar-refractivity contribution in [2.24, 2.45) is 11.3 Å². The average molecular weight is 454 g/mol. The molecule has 1 amide bonds. The number of thiophene rings is 1. The molecule has 1 atom stereocenters. The number of amides is 1. The second-order valence-electron chi connectivity index (χ2n) is 8.06. The van der Waals surface area contributed by atoms with Gasteiger partial charge in [0.05, 0.1) is 23.3 Å². The summed E-state index contributed by atoms with van der Waals surface area (Å²) in [5.74, 6) is -0.287. The summed E-state index contributed by atoms with van der Waals surface area (Å²) in [6.07, 6.45) is 3.82. The lowest BCUT2D eigenvalue weighted by molar-refractivity contribution is 0.0600. The number of methoxy groups -OCH3 is 1. The van der Waals surface area contributed by atoms with Crippen LogP contribution in [-0.2, 0) is 17.6 Å². The fourth-order valence-corrected chi connectivity index (χ4v) is 5.48. The Labute approximate surface area is 185 Å². The molecule has 29 heavy (non-hydrogen) atoms. The molecule has 0 bridgehead atoms. The second-order valence-corrected chi connectivity index (χ2v) is 10.0. The normalized spacial score (nSPS) is 16.3. The number of halogens is 2. The quantitative estimate of drug-likeness (QED) is 0.516. The van der Waals surface area contributed by atoms with Gasteiger partial charge in [-0.25, -0.2) is 4.79 Å². The molecule has 1 N–H and O–H groups in total. The van der Waals surface area contributed by atoms with E-state index in [1.54, 1.807) is 12.1 Å². The Balaban J connectivity index is 1.96. The summed E-state index contributed by atoms with van der Waals surface area (Å²) >= 11 is 13.6. The standard InChI is InChI=1S/C22H25Cl2NO3S/c1-5-22(2,3)12-6-8-14-17(10-12)29-20(18(14)21(27)28-4)25-19(26)15-11-13(23)7-9-16(15)24/h7,9,11-12H,5-6,8,10H2,1-4H3,(H,25,26)/t12-/m1/s1. The summed E-state index contributed by atoms with van der Waals surface area (Å²) in [4.78, 5) is 26.5. The van der Waals surface area contributed by atoms with Crippen LogP contribution in [0.4, 0.5) is 5.00 Å². The predicted molar refractivity (Wildman–Crippen MR) is 120 cm³/mol. The number of benzene rings is 1. The van der Waals surface area contributed by atoms with Crippen LogP contribution >= 0.6 is 34.5 Å². The van der Waals surface area contributed by atoms with Crippen LogP contribution in [0.2, 0.25) is 10.0 Å². The average Bonchev–Trinajstić information content (AvgIpc) is 3.05. The number of hydrogen-bond donors (Lipinski definition) is 1. The van der Waals surface area contributed by atoms with Crippen LogP contribution in [0.5, 0.6) is 0 Å². The van der Waals surface area contributed by atoms with Crippen LogP contribution < -0.4 is 5.32 Å². The number of carbonyl (C=O) groups is 2. The third kappa shape index (κ3) is 4.47. The van der Waals surface area contributed by atoms with E-state index >= 15 is 0 Å². The molecule has 2 aromatic rings. The molecule has 0 saturated carbocycles. The minimum absolute atomic E-state index is 0.227. The number of esters is 1. The molecule has 156 valence electrons. The van der Waals surface area contributed by atoms with E-state index in [1.165, 1.54) is 24.5 Å². The number of rotatable bonds is 5. The first-order chi connectivity index (χ1) is 13.7. The van der Waals surface area contributed by atoms with Crippen molar-refractivity contribution in [3.63, 3.8) is 0 Å². The lowest BCUT2D eigenvalue weighted by atomic mass is 9.69. The lowest BCUT2D eigenvalue weighted by Crippen LogP contribution is -2.28. The zero-order valence-corrected chi connectivity index (χ0v) is 19.4.